The van der Waals surface area contributed by atoms with Crippen LogP contribution in [0.1, 0.15) is 24.5 Å². The number of ether oxygens (including phenoxy) is 2. The van der Waals surface area contributed by atoms with E-state index in [-0.39, 0.29) is 11.9 Å². The topological polar surface area (TPSA) is 41.9 Å². The van der Waals surface area contributed by atoms with E-state index in [1.54, 1.807) is 25.3 Å². The van der Waals surface area contributed by atoms with Gasteiger partial charge in [-0.2, -0.15) is 0 Å². The van der Waals surface area contributed by atoms with Gasteiger partial charge in [0.25, 0.3) is 0 Å². The van der Waals surface area contributed by atoms with Gasteiger partial charge in [-0.15, -0.1) is 0 Å². The maximum Gasteiger partial charge on any atom is 0.129 e. The molecule has 1 heterocycles. The molecule has 0 aliphatic carbocycles. The monoisotopic (exact) mass is 297 g/mol. The Morgan fingerprint density at radius 1 is 1.29 bits per heavy atom. The van der Waals surface area contributed by atoms with E-state index in [1.807, 2.05) is 0 Å². The molecule has 21 heavy (non-hydrogen) atoms. The zero-order chi connectivity index (χ0) is 15.1. The fourth-order valence-electron chi connectivity index (χ4n) is 2.64. The molecule has 0 aromatic heterocycles. The minimum absolute atomic E-state index is 0.266. The number of rotatable bonds is 7. The lowest BCUT2D eigenvalue weighted by atomic mass is 10.0. The molecule has 1 aromatic carbocycles. The predicted octanol–water partition coefficient (Wildman–Crippen LogP) is 1.99. The maximum atomic E-state index is 13.6. The Labute approximate surface area is 125 Å². The van der Waals surface area contributed by atoms with E-state index in [4.69, 9.17) is 9.47 Å². The summed E-state index contributed by atoms with van der Waals surface area (Å²) in [4.78, 5) is 2.16. The van der Waals surface area contributed by atoms with Crippen LogP contribution in [0.4, 0.5) is 4.39 Å². The second-order valence-electron chi connectivity index (χ2n) is 5.40. The van der Waals surface area contributed by atoms with Crippen LogP contribution in [0.2, 0.25) is 0 Å². The van der Waals surface area contributed by atoms with Crippen LogP contribution in [-0.2, 0) is 9.47 Å². The summed E-state index contributed by atoms with van der Waals surface area (Å²) in [6.07, 6.45) is 1.36. The summed E-state index contributed by atoms with van der Waals surface area (Å²) in [6.45, 7) is 3.43. The summed E-state index contributed by atoms with van der Waals surface area (Å²) < 4.78 is 24.3. The Morgan fingerprint density at radius 3 is 2.67 bits per heavy atom. The van der Waals surface area contributed by atoms with Gasteiger partial charge in [0.1, 0.15) is 5.82 Å². The van der Waals surface area contributed by atoms with Crippen LogP contribution < -0.4 is 0 Å². The van der Waals surface area contributed by atoms with Gasteiger partial charge in [-0.3, -0.25) is 0 Å². The van der Waals surface area contributed by atoms with Crippen molar-refractivity contribution in [3.05, 3.63) is 35.6 Å². The van der Waals surface area contributed by atoms with Gasteiger partial charge >= 0.3 is 0 Å². The molecule has 1 aliphatic heterocycles. The van der Waals surface area contributed by atoms with E-state index in [2.05, 4.69) is 4.90 Å². The number of piperidine rings is 1. The molecule has 1 aliphatic rings. The van der Waals surface area contributed by atoms with Crippen molar-refractivity contribution in [1.29, 1.82) is 0 Å². The highest BCUT2D eigenvalue weighted by Crippen LogP contribution is 2.20. The Kier molecular flexibility index (Phi) is 6.57. The Balaban J connectivity index is 1.74. The number of methoxy groups -OCH3 is 1. The lowest BCUT2D eigenvalue weighted by molar-refractivity contribution is -0.0209. The summed E-state index contributed by atoms with van der Waals surface area (Å²) in [7, 11) is 1.66. The van der Waals surface area contributed by atoms with Crippen LogP contribution in [0.3, 0.4) is 0 Å². The molecule has 0 bridgehead atoms. The number of hydrogen-bond donors (Lipinski definition) is 1. The standard InChI is InChI=1S/C16H24FNO3/c1-20-10-11-21-13-6-8-18(9-7-13)12-16(19)14-4-2-3-5-15(14)17/h2-5,13,16,19H,6-12H2,1H3. The number of halogens is 1. The van der Waals surface area contributed by atoms with Crippen molar-refractivity contribution in [3.63, 3.8) is 0 Å². The second-order valence-corrected chi connectivity index (χ2v) is 5.40. The van der Waals surface area contributed by atoms with Crippen LogP contribution in [0, 0.1) is 5.82 Å². The van der Waals surface area contributed by atoms with E-state index >= 15 is 0 Å². The quantitative estimate of drug-likeness (QED) is 0.782. The summed E-state index contributed by atoms with van der Waals surface area (Å²) in [5, 5.41) is 10.2. The highest BCUT2D eigenvalue weighted by Gasteiger charge is 2.22. The van der Waals surface area contributed by atoms with Gasteiger partial charge < -0.3 is 19.5 Å². The van der Waals surface area contributed by atoms with Gasteiger partial charge in [0.05, 0.1) is 25.4 Å². The minimum atomic E-state index is -0.780. The molecule has 0 saturated carbocycles. The summed E-state index contributed by atoms with van der Waals surface area (Å²) >= 11 is 0. The summed E-state index contributed by atoms with van der Waals surface area (Å²) in [6, 6.07) is 6.40. The molecular formula is C16H24FNO3. The van der Waals surface area contributed by atoms with E-state index in [0.29, 0.717) is 25.3 Å². The van der Waals surface area contributed by atoms with Gasteiger partial charge in [-0.1, -0.05) is 18.2 Å². The molecule has 1 atom stereocenters. The summed E-state index contributed by atoms with van der Waals surface area (Å²) in [5.74, 6) is -0.345. The third kappa shape index (κ3) is 5.04. The van der Waals surface area contributed by atoms with Crippen molar-refractivity contribution >= 4 is 0 Å². The highest BCUT2D eigenvalue weighted by atomic mass is 19.1. The number of aliphatic hydroxyl groups excluding tert-OH is 1. The molecular weight excluding hydrogens is 273 g/mol. The molecule has 0 radical (unpaired) electrons. The van der Waals surface area contributed by atoms with Gasteiger partial charge in [0.2, 0.25) is 0 Å². The van der Waals surface area contributed by atoms with E-state index in [9.17, 15) is 9.50 Å². The number of hydrogen-bond acceptors (Lipinski definition) is 4. The van der Waals surface area contributed by atoms with Crippen molar-refractivity contribution in [2.45, 2.75) is 25.0 Å². The largest absolute Gasteiger partial charge is 0.387 e. The van der Waals surface area contributed by atoms with Gasteiger partial charge in [-0.25, -0.2) is 4.39 Å². The first-order valence-corrected chi connectivity index (χ1v) is 7.46. The average molecular weight is 297 g/mol. The average Bonchev–Trinajstić information content (AvgIpc) is 2.49. The predicted molar refractivity (Wildman–Crippen MR) is 78.6 cm³/mol. The lowest BCUT2D eigenvalue weighted by Crippen LogP contribution is -2.39. The first-order valence-electron chi connectivity index (χ1n) is 7.46. The Bertz CT molecular complexity index is 422. The fraction of sp³-hybridized carbons (Fsp3) is 0.625. The van der Waals surface area contributed by atoms with Crippen molar-refractivity contribution in [1.82, 2.24) is 4.90 Å². The number of β-amino-alcohol motifs (C(OH)–C–C–N with tert-alkyl or cyclic N) is 1. The molecule has 118 valence electrons. The van der Waals surface area contributed by atoms with Crippen LogP contribution in [-0.4, -0.2) is 56.1 Å². The van der Waals surface area contributed by atoms with Crippen LogP contribution in [0.15, 0.2) is 24.3 Å². The first kappa shape index (κ1) is 16.4. The SMILES string of the molecule is COCCOC1CCN(CC(O)c2ccccc2F)CC1. The third-order valence-electron chi connectivity index (χ3n) is 3.87. The highest BCUT2D eigenvalue weighted by molar-refractivity contribution is 5.20. The molecule has 4 nitrogen and oxygen atoms in total. The molecule has 1 fully saturated rings. The number of nitrogens with zero attached hydrogens (tertiary/aromatic N) is 1. The number of likely N-dealkylation sites (tertiary alicyclic amines) is 1. The second kappa shape index (κ2) is 8.44. The van der Waals surface area contributed by atoms with E-state index in [0.717, 1.165) is 25.9 Å². The normalized spacial score (nSPS) is 18.8. The van der Waals surface area contributed by atoms with Gasteiger partial charge in [0, 0.05) is 32.3 Å². The first-order chi connectivity index (χ1) is 10.2. The van der Waals surface area contributed by atoms with Gasteiger partial charge in [0.15, 0.2) is 0 Å². The third-order valence-corrected chi connectivity index (χ3v) is 3.87. The molecule has 1 saturated heterocycles. The summed E-state index contributed by atoms with van der Waals surface area (Å²) in [5.41, 5.74) is 0.371. The molecule has 0 spiro atoms. The zero-order valence-electron chi connectivity index (χ0n) is 12.5. The minimum Gasteiger partial charge on any atom is -0.387 e. The van der Waals surface area contributed by atoms with Crippen molar-refractivity contribution in [2.24, 2.45) is 0 Å². The fourth-order valence-corrected chi connectivity index (χ4v) is 2.64. The van der Waals surface area contributed by atoms with Crippen LogP contribution >= 0.6 is 0 Å². The lowest BCUT2D eigenvalue weighted by Gasteiger charge is -2.33. The van der Waals surface area contributed by atoms with Crippen LogP contribution in [0.5, 0.6) is 0 Å². The maximum absolute atomic E-state index is 13.6. The molecule has 1 unspecified atom stereocenters. The molecule has 1 N–H and O–H groups in total. The van der Waals surface area contributed by atoms with E-state index in [1.165, 1.54) is 6.07 Å². The zero-order valence-corrected chi connectivity index (χ0v) is 12.5. The van der Waals surface area contributed by atoms with E-state index < -0.39 is 6.10 Å². The van der Waals surface area contributed by atoms with Crippen molar-refractivity contribution < 1.29 is 19.0 Å². The molecule has 0 amide bonds. The number of benzene rings is 1. The van der Waals surface area contributed by atoms with Gasteiger partial charge in [-0.05, 0) is 18.9 Å². The van der Waals surface area contributed by atoms with Crippen molar-refractivity contribution in [2.75, 3.05) is 40.0 Å². The molecule has 2 rings (SSSR count). The van der Waals surface area contributed by atoms with Crippen LogP contribution in [0.25, 0.3) is 0 Å². The smallest absolute Gasteiger partial charge is 0.129 e. The van der Waals surface area contributed by atoms with Crippen molar-refractivity contribution in [3.8, 4) is 0 Å². The molecule has 5 heteroatoms. The Morgan fingerprint density at radius 2 is 2.00 bits per heavy atom. The number of aliphatic hydroxyl groups is 1. The molecule has 1 aromatic rings. The Hall–Kier alpha value is -1.01.